The van der Waals surface area contributed by atoms with E-state index in [4.69, 9.17) is 0 Å². The fourth-order valence-electron chi connectivity index (χ4n) is 0. The van der Waals surface area contributed by atoms with Gasteiger partial charge in [0.25, 0.3) is 0 Å². The van der Waals surface area contributed by atoms with Gasteiger partial charge in [-0.1, -0.05) is 7.43 Å². The van der Waals surface area contributed by atoms with Crippen LogP contribution in [0, 0.1) is 0 Å². The largest absolute Gasteiger partial charge is 0.106 e. The van der Waals surface area contributed by atoms with E-state index in [2.05, 4.69) is 52.6 Å². The zero-order valence-electron chi connectivity index (χ0n) is 5.66. The molecule has 0 aromatic heterocycles. The molecule has 0 spiro atoms. The maximum absolute atomic E-state index is 3.00. The van der Waals surface area contributed by atoms with Crippen molar-refractivity contribution in [2.24, 2.45) is 0 Å². The highest BCUT2D eigenvalue weighted by molar-refractivity contribution is 4.23. The Balaban J connectivity index is -0.00000000762. The molecule has 0 fully saturated rings. The maximum atomic E-state index is 3.00. The molecule has 0 saturated heterocycles. The Morgan fingerprint density at radius 1 is 0.333 bits per heavy atom. The summed E-state index contributed by atoms with van der Waals surface area (Å²) in [6, 6.07) is 0. The molecule has 0 heterocycles. The minimum Gasteiger partial charge on any atom is -0.106 e. The van der Waals surface area contributed by atoms with Crippen molar-refractivity contribution in [1.82, 2.24) is 0 Å². The lowest BCUT2D eigenvalue weighted by molar-refractivity contribution is 2.50. The van der Waals surface area contributed by atoms with Crippen LogP contribution in [0.5, 0.6) is 0 Å². The van der Waals surface area contributed by atoms with Gasteiger partial charge in [0.15, 0.2) is 0 Å². The second-order valence-electron chi connectivity index (χ2n) is 0. The highest BCUT2D eigenvalue weighted by atomic mass is 12.7. The first-order valence-corrected chi connectivity index (χ1v) is 2.00. The molecule has 0 aromatic rings. The van der Waals surface area contributed by atoms with Gasteiger partial charge in [-0.3, -0.25) is 0 Å². The molecule has 0 aliphatic rings. The number of hydrogen-bond donors (Lipinski definition) is 0. The third kappa shape index (κ3) is 158. The van der Waals surface area contributed by atoms with E-state index in [0.717, 1.165) is 0 Å². The van der Waals surface area contributed by atoms with Crippen LogP contribution in [0.25, 0.3) is 0 Å². The summed E-state index contributed by atoms with van der Waals surface area (Å²) in [7, 11) is 0. The van der Waals surface area contributed by atoms with Gasteiger partial charge in [-0.25, -0.2) is 0 Å². The van der Waals surface area contributed by atoms with Crippen LogP contribution in [0.4, 0.5) is 0 Å². The second-order valence-corrected chi connectivity index (χ2v) is 0. The lowest BCUT2D eigenvalue weighted by atomic mass is 11.3. The van der Waals surface area contributed by atoms with Gasteiger partial charge in [0.1, 0.15) is 0 Å². The highest BCUT2D eigenvalue weighted by Gasteiger charge is 0.607. The van der Waals surface area contributed by atoms with E-state index in [9.17, 15) is 0 Å². The van der Waals surface area contributed by atoms with Crippen molar-refractivity contribution in [2.75, 3.05) is 0 Å². The molecule has 0 N–H and O–H groups in total. The minimum absolute atomic E-state index is 0. The average molecular weight is 128 g/mol. The first-order chi connectivity index (χ1) is 4.00. The molecule has 0 rings (SSSR count). The summed E-state index contributed by atoms with van der Waals surface area (Å²) in [6.07, 6.45) is 0. The van der Waals surface area contributed by atoms with Crippen molar-refractivity contribution in [3.05, 3.63) is 52.6 Å². The molecule has 9 heavy (non-hydrogen) atoms. The van der Waals surface area contributed by atoms with Gasteiger partial charge < -0.3 is 0 Å². The second kappa shape index (κ2) is 229. The Bertz CT molecular complexity index is 8.00. The summed E-state index contributed by atoms with van der Waals surface area (Å²) in [5, 5.41) is 0. The molecule has 0 amide bonds. The Hall–Kier alpha value is -1.04. The molecule has 0 bridgehead atoms. The third-order valence-electron chi connectivity index (χ3n) is 0. The van der Waals surface area contributed by atoms with Gasteiger partial charge in [0, 0.05) is 0 Å². The Kier molecular flexibility index (Phi) is 1120. The van der Waals surface area contributed by atoms with Gasteiger partial charge in [-0.05, 0) is 0 Å². The van der Waals surface area contributed by atoms with Crippen LogP contribution in [0.15, 0.2) is 52.6 Å². The molecule has 0 aliphatic carbocycles. The summed E-state index contributed by atoms with van der Waals surface area (Å²) in [5.74, 6) is 0. The van der Waals surface area contributed by atoms with Gasteiger partial charge in [-0.15, -0.1) is 52.6 Å². The molecule has 0 aromatic carbocycles. The van der Waals surface area contributed by atoms with Crippen molar-refractivity contribution < 1.29 is 0 Å². The normalized spacial score (nSPS) is 1.78. The molecule has 0 unspecified atom stereocenters. The van der Waals surface area contributed by atoms with Crippen LogP contribution in [0.1, 0.15) is 7.43 Å². The molecule has 0 nitrogen and oxygen atoms in total. The predicted molar refractivity (Wildman–Crippen MR) is 51.7 cm³/mol. The summed E-state index contributed by atoms with van der Waals surface area (Å²) < 4.78 is 0. The van der Waals surface area contributed by atoms with E-state index in [1.54, 1.807) is 0 Å². The zero-order valence-corrected chi connectivity index (χ0v) is 5.66. The minimum atomic E-state index is 0. The van der Waals surface area contributed by atoms with Crippen LogP contribution in [0.2, 0.25) is 0 Å². The van der Waals surface area contributed by atoms with E-state index in [1.165, 1.54) is 0 Å². The van der Waals surface area contributed by atoms with E-state index in [1.807, 2.05) is 0 Å². The maximum Gasteiger partial charge on any atom is -0.0776 e. The lowest BCUT2D eigenvalue weighted by Gasteiger charge is -0.813. The first-order valence-electron chi connectivity index (χ1n) is 2.00. The molecular weight excluding hydrogens is 108 g/mol. The SMILES string of the molecule is C.C=C.C=C.C=C.C=C. The Morgan fingerprint density at radius 2 is 0.333 bits per heavy atom. The number of hydrogen-bond acceptors (Lipinski definition) is 0. The third-order valence-corrected chi connectivity index (χ3v) is 0. The lowest BCUT2D eigenvalue weighted by Crippen LogP contribution is -0.552. The summed E-state index contributed by atoms with van der Waals surface area (Å²) in [4.78, 5) is 0. The standard InChI is InChI=1S/4C2H4.CH4/c4*1-2;/h4*1-2H2;1H4. The summed E-state index contributed by atoms with van der Waals surface area (Å²) in [6.45, 7) is 24.0. The van der Waals surface area contributed by atoms with E-state index >= 15 is 0 Å². The van der Waals surface area contributed by atoms with Crippen LogP contribution in [-0.4, -0.2) is 0 Å². The van der Waals surface area contributed by atoms with Crippen LogP contribution in [-0.2, 0) is 0 Å². The molecule has 0 atom stereocenters. The fraction of sp³-hybridized carbons (Fsp3) is 0.111. The summed E-state index contributed by atoms with van der Waals surface area (Å²) >= 11 is 0. The van der Waals surface area contributed by atoms with Crippen molar-refractivity contribution >= 4 is 0 Å². The van der Waals surface area contributed by atoms with Crippen molar-refractivity contribution in [3.8, 4) is 0 Å². The van der Waals surface area contributed by atoms with Gasteiger partial charge >= 0.3 is 0 Å². The number of rotatable bonds is 0. The molecule has 0 radical (unpaired) electrons. The smallest absolute Gasteiger partial charge is 0.0776 e. The molecule has 0 heteroatoms. The Morgan fingerprint density at radius 3 is 0.333 bits per heavy atom. The topological polar surface area (TPSA) is 0 Å². The van der Waals surface area contributed by atoms with Gasteiger partial charge in [0.2, 0.25) is 0 Å². The molecule has 56 valence electrons. The molecule has 0 aliphatic heterocycles. The average Bonchev–Trinajstić information content (AvgIpc) is 2.03. The van der Waals surface area contributed by atoms with Crippen molar-refractivity contribution in [2.45, 2.75) is 7.43 Å². The molecular formula is C9H20. The quantitative estimate of drug-likeness (QED) is 0.435. The van der Waals surface area contributed by atoms with E-state index < -0.39 is 0 Å². The Labute approximate surface area is 60.9 Å². The van der Waals surface area contributed by atoms with E-state index in [0.29, 0.717) is 0 Å². The zero-order chi connectivity index (χ0) is 8.00. The van der Waals surface area contributed by atoms with Gasteiger partial charge in [0.05, 0.1) is 0 Å². The van der Waals surface area contributed by atoms with Crippen LogP contribution < -0.4 is 0 Å². The monoisotopic (exact) mass is 128 g/mol. The van der Waals surface area contributed by atoms with Crippen LogP contribution >= 0.6 is 0 Å². The highest BCUT2D eigenvalue weighted by Crippen LogP contribution is 0.868. The van der Waals surface area contributed by atoms with Gasteiger partial charge in [-0.2, -0.15) is 0 Å². The van der Waals surface area contributed by atoms with E-state index in [-0.39, 0.29) is 7.43 Å². The molecule has 0 saturated carbocycles. The fourth-order valence-corrected chi connectivity index (χ4v) is 0. The first kappa shape index (κ1) is 44.0. The van der Waals surface area contributed by atoms with Crippen molar-refractivity contribution in [1.29, 1.82) is 0 Å². The van der Waals surface area contributed by atoms with Crippen molar-refractivity contribution in [3.63, 3.8) is 0 Å². The van der Waals surface area contributed by atoms with Crippen LogP contribution in [0.3, 0.4) is 0 Å². The summed E-state index contributed by atoms with van der Waals surface area (Å²) in [5.41, 5.74) is 0. The predicted octanol–water partition coefficient (Wildman–Crippen LogP) is 3.84.